The number of nitrogens with one attached hydrogen (secondary N) is 1. The van der Waals surface area contributed by atoms with Gasteiger partial charge < -0.3 is 14.2 Å². The quantitative estimate of drug-likeness (QED) is 0.317. The van der Waals surface area contributed by atoms with Crippen molar-refractivity contribution in [1.29, 1.82) is 0 Å². The van der Waals surface area contributed by atoms with Gasteiger partial charge in [-0.1, -0.05) is 12.1 Å². The zero-order valence-electron chi connectivity index (χ0n) is 21.3. The molecule has 0 radical (unpaired) electrons. The second kappa shape index (κ2) is 11.1. The van der Waals surface area contributed by atoms with Gasteiger partial charge in [0, 0.05) is 25.6 Å². The van der Waals surface area contributed by atoms with E-state index in [4.69, 9.17) is 14.2 Å². The predicted molar refractivity (Wildman–Crippen MR) is 136 cm³/mol. The number of benzene rings is 1. The van der Waals surface area contributed by atoms with Crippen molar-refractivity contribution in [1.82, 2.24) is 29.7 Å². The molecule has 1 aromatic carbocycles. The lowest BCUT2D eigenvalue weighted by Gasteiger charge is -2.22. The number of nitrogens with zero attached hydrogens (tertiary/aromatic N) is 6. The molecule has 38 heavy (non-hydrogen) atoms. The summed E-state index contributed by atoms with van der Waals surface area (Å²) in [7, 11) is -0.0440. The van der Waals surface area contributed by atoms with Crippen LogP contribution in [0.2, 0.25) is 0 Å². The van der Waals surface area contributed by atoms with E-state index in [1.54, 1.807) is 30.6 Å². The minimum atomic E-state index is -4.21. The van der Waals surface area contributed by atoms with Crippen molar-refractivity contribution in [2.24, 2.45) is 0 Å². The molecule has 0 aliphatic carbocycles. The number of aromatic nitrogens is 6. The van der Waals surface area contributed by atoms with Gasteiger partial charge in [0.25, 0.3) is 0 Å². The lowest BCUT2D eigenvalue weighted by Crippen LogP contribution is -2.33. The van der Waals surface area contributed by atoms with Crippen LogP contribution in [0.5, 0.6) is 11.6 Å². The molecule has 1 N–H and O–H groups in total. The Labute approximate surface area is 218 Å². The van der Waals surface area contributed by atoms with E-state index in [0.29, 0.717) is 0 Å². The molecule has 14 heteroatoms. The minimum Gasteiger partial charge on any atom is -0.494 e. The van der Waals surface area contributed by atoms with Crippen LogP contribution < -0.4 is 14.2 Å². The third-order valence-electron chi connectivity index (χ3n) is 5.68. The first-order valence-electron chi connectivity index (χ1n) is 11.3. The number of sulfonamides is 1. The fourth-order valence-corrected chi connectivity index (χ4v) is 4.83. The number of para-hydroxylation sites is 1. The molecular formula is C24H26FN7O5S. The molecular weight excluding hydrogens is 517 g/mol. The highest BCUT2D eigenvalue weighted by Gasteiger charge is 2.35. The van der Waals surface area contributed by atoms with Gasteiger partial charge in [0.1, 0.15) is 28.5 Å². The smallest absolute Gasteiger partial charge is 0.243 e. The van der Waals surface area contributed by atoms with Gasteiger partial charge in [-0.25, -0.2) is 27.8 Å². The van der Waals surface area contributed by atoms with E-state index in [2.05, 4.69) is 29.9 Å². The monoisotopic (exact) mass is 543 g/mol. The normalized spacial score (nSPS) is 13.1. The highest BCUT2D eigenvalue weighted by atomic mass is 32.2. The molecule has 0 aliphatic rings. The van der Waals surface area contributed by atoms with Crippen LogP contribution in [0.25, 0.3) is 17.2 Å². The molecule has 200 valence electrons. The zero-order chi connectivity index (χ0) is 27.4. The summed E-state index contributed by atoms with van der Waals surface area (Å²) in [4.78, 5) is 12.7. The van der Waals surface area contributed by atoms with Crippen LogP contribution in [0.4, 0.5) is 10.3 Å². The second-order valence-corrected chi connectivity index (χ2v) is 10.2. The van der Waals surface area contributed by atoms with Crippen LogP contribution in [0.1, 0.15) is 24.4 Å². The predicted octanol–water partition coefficient (Wildman–Crippen LogP) is 3.10. The Morgan fingerprint density at radius 3 is 2.37 bits per heavy atom. The van der Waals surface area contributed by atoms with Crippen LogP contribution in [0.3, 0.4) is 0 Å². The third-order valence-corrected chi connectivity index (χ3v) is 7.37. The Kier molecular flexibility index (Phi) is 7.83. The van der Waals surface area contributed by atoms with Crippen LogP contribution in [-0.4, -0.2) is 64.7 Å². The van der Waals surface area contributed by atoms with Crippen molar-refractivity contribution in [3.8, 4) is 28.8 Å². The van der Waals surface area contributed by atoms with Crippen molar-refractivity contribution in [3.63, 3.8) is 0 Å². The Morgan fingerprint density at radius 1 is 1.00 bits per heavy atom. The summed E-state index contributed by atoms with van der Waals surface area (Å²) >= 11 is 0. The molecule has 0 saturated heterocycles. The van der Waals surface area contributed by atoms with Crippen molar-refractivity contribution in [3.05, 3.63) is 66.0 Å². The van der Waals surface area contributed by atoms with Gasteiger partial charge in [0.05, 0.1) is 14.2 Å². The Balaban J connectivity index is 1.83. The van der Waals surface area contributed by atoms with Crippen molar-refractivity contribution >= 4 is 16.0 Å². The molecule has 0 spiro atoms. The van der Waals surface area contributed by atoms with Crippen LogP contribution in [0.15, 0.2) is 48.8 Å². The maximum Gasteiger partial charge on any atom is 0.243 e. The molecule has 4 aromatic rings. The highest BCUT2D eigenvalue weighted by Crippen LogP contribution is 2.34. The van der Waals surface area contributed by atoms with Crippen LogP contribution in [0, 0.1) is 12.7 Å². The lowest BCUT2D eigenvalue weighted by atomic mass is 10.2. The van der Waals surface area contributed by atoms with E-state index < -0.39 is 27.2 Å². The van der Waals surface area contributed by atoms with E-state index >= 15 is 4.39 Å². The number of hydrogen-bond donors (Lipinski definition) is 1. The molecule has 0 bridgehead atoms. The molecule has 0 amide bonds. The number of halogens is 1. The average molecular weight is 544 g/mol. The third kappa shape index (κ3) is 5.26. The molecule has 0 saturated carbocycles. The number of hydrogen-bond acceptors (Lipinski definition) is 10. The summed E-state index contributed by atoms with van der Waals surface area (Å²) < 4.78 is 61.9. The summed E-state index contributed by atoms with van der Waals surface area (Å²) in [5.74, 6) is -0.374. The number of pyridine rings is 1. The maximum absolute atomic E-state index is 15.2. The summed E-state index contributed by atoms with van der Waals surface area (Å²) in [6, 6.07) is 9.08. The van der Waals surface area contributed by atoms with E-state index in [0.717, 1.165) is 5.56 Å². The van der Waals surface area contributed by atoms with E-state index in [1.807, 2.05) is 6.92 Å². The number of ether oxygens (including phenoxy) is 3. The fourth-order valence-electron chi connectivity index (χ4n) is 3.70. The summed E-state index contributed by atoms with van der Waals surface area (Å²) in [6.45, 7) is 3.25. The topological polar surface area (TPSA) is 143 Å². The molecule has 0 unspecified atom stereocenters. The summed E-state index contributed by atoms with van der Waals surface area (Å²) in [5.41, 5.74) is 0.946. The van der Waals surface area contributed by atoms with Gasteiger partial charge in [0.15, 0.2) is 17.5 Å². The Morgan fingerprint density at radius 2 is 1.71 bits per heavy atom. The summed E-state index contributed by atoms with van der Waals surface area (Å²) in [5, 5.41) is 6.97. The van der Waals surface area contributed by atoms with Gasteiger partial charge in [0.2, 0.25) is 21.9 Å². The van der Waals surface area contributed by atoms with E-state index in [1.165, 1.54) is 51.0 Å². The van der Waals surface area contributed by atoms with Crippen LogP contribution >= 0.6 is 0 Å². The van der Waals surface area contributed by atoms with Crippen molar-refractivity contribution in [2.45, 2.75) is 25.2 Å². The first kappa shape index (κ1) is 26.9. The SMILES string of the molecule is COc1cccc(-c2nnc(NS(=O)(=O)[C@@H](C)[C@H](OC)c3ncc(C)cn3)n2-c2c(F)cccc2OC)n1. The number of aryl methyl sites for hydroxylation is 1. The first-order chi connectivity index (χ1) is 18.2. The lowest BCUT2D eigenvalue weighted by molar-refractivity contribution is 0.0949. The maximum atomic E-state index is 15.2. The Bertz CT molecular complexity index is 1530. The van der Waals surface area contributed by atoms with Crippen molar-refractivity contribution in [2.75, 3.05) is 26.1 Å². The van der Waals surface area contributed by atoms with Gasteiger partial charge in [-0.3, -0.25) is 9.29 Å². The molecule has 3 heterocycles. The largest absolute Gasteiger partial charge is 0.494 e. The zero-order valence-corrected chi connectivity index (χ0v) is 22.1. The highest BCUT2D eigenvalue weighted by molar-refractivity contribution is 7.93. The van der Waals surface area contributed by atoms with E-state index in [9.17, 15) is 8.42 Å². The van der Waals surface area contributed by atoms with Gasteiger partial charge in [-0.2, -0.15) is 0 Å². The summed E-state index contributed by atoms with van der Waals surface area (Å²) in [6.07, 6.45) is 2.12. The average Bonchev–Trinajstić information content (AvgIpc) is 3.32. The van der Waals surface area contributed by atoms with Gasteiger partial charge in [-0.05, 0) is 37.6 Å². The van der Waals surface area contributed by atoms with Crippen molar-refractivity contribution < 1.29 is 27.0 Å². The molecule has 2 atom stereocenters. The van der Waals surface area contributed by atoms with E-state index in [-0.39, 0.29) is 40.6 Å². The molecule has 0 fully saturated rings. The van der Waals surface area contributed by atoms with Gasteiger partial charge >= 0.3 is 0 Å². The standard InChI is InChI=1S/C24H26FN7O5S/c1-14-12-26-22(27-13-14)21(37-5)15(2)38(33,34)31-24-30-29-23(17-9-7-11-19(28-17)36-4)32(24)20-16(25)8-6-10-18(20)35-3/h6-13,15,21H,1-5H3,(H,30,31)/t15-,21-/m0/s1. The second-order valence-electron chi connectivity index (χ2n) is 8.17. The number of methoxy groups -OCH3 is 3. The number of anilines is 1. The first-order valence-corrected chi connectivity index (χ1v) is 12.9. The molecule has 4 rings (SSSR count). The van der Waals surface area contributed by atoms with Crippen LogP contribution in [-0.2, 0) is 14.8 Å². The minimum absolute atomic E-state index is 0.0443. The van der Waals surface area contributed by atoms with Gasteiger partial charge in [-0.15, -0.1) is 10.2 Å². The fraction of sp³-hybridized carbons (Fsp3) is 0.292. The Hall–Kier alpha value is -4.17. The molecule has 12 nitrogen and oxygen atoms in total. The molecule has 0 aliphatic heterocycles. The number of rotatable bonds is 10. The molecule has 3 aromatic heterocycles.